The summed E-state index contributed by atoms with van der Waals surface area (Å²) >= 11 is 0. The molecular formula is C20H22F3N3O3. The van der Waals surface area contributed by atoms with E-state index in [9.17, 15) is 22.8 Å². The van der Waals surface area contributed by atoms with E-state index in [1.54, 1.807) is 18.7 Å². The van der Waals surface area contributed by atoms with Gasteiger partial charge in [0.25, 0.3) is 0 Å². The first-order chi connectivity index (χ1) is 13.6. The summed E-state index contributed by atoms with van der Waals surface area (Å²) in [6, 6.07) is 4.07. The molecule has 0 radical (unpaired) electrons. The molecule has 0 bridgehead atoms. The minimum absolute atomic E-state index is 0.00935. The number of carbonyl (C=O) groups is 2. The van der Waals surface area contributed by atoms with E-state index in [1.807, 2.05) is 0 Å². The third-order valence-corrected chi connectivity index (χ3v) is 5.04. The molecule has 156 valence electrons. The van der Waals surface area contributed by atoms with Crippen LogP contribution in [0.25, 0.3) is 0 Å². The molecule has 6 nitrogen and oxygen atoms in total. The molecule has 1 aromatic heterocycles. The molecule has 2 aromatic rings. The van der Waals surface area contributed by atoms with E-state index in [0.717, 1.165) is 12.1 Å². The van der Waals surface area contributed by atoms with Crippen molar-refractivity contribution in [3.8, 4) is 0 Å². The second-order valence-corrected chi connectivity index (χ2v) is 7.17. The lowest BCUT2D eigenvalue weighted by Gasteiger charge is -2.26. The second-order valence-electron chi connectivity index (χ2n) is 7.17. The minimum atomic E-state index is -4.50. The molecule has 1 fully saturated rings. The van der Waals surface area contributed by atoms with Gasteiger partial charge in [0.15, 0.2) is 0 Å². The van der Waals surface area contributed by atoms with Crippen molar-refractivity contribution in [2.45, 2.75) is 45.3 Å². The van der Waals surface area contributed by atoms with Crippen molar-refractivity contribution in [2.24, 2.45) is 0 Å². The number of aryl methyl sites for hydroxylation is 2. The number of nitrogens with zero attached hydrogens (tertiary/aromatic N) is 2. The van der Waals surface area contributed by atoms with Crippen molar-refractivity contribution >= 4 is 11.8 Å². The molecule has 1 saturated heterocycles. The van der Waals surface area contributed by atoms with Crippen LogP contribution in [0.15, 0.2) is 28.8 Å². The van der Waals surface area contributed by atoms with Gasteiger partial charge in [0.05, 0.1) is 23.7 Å². The Morgan fingerprint density at radius 2 is 2.10 bits per heavy atom. The van der Waals surface area contributed by atoms with Crippen LogP contribution >= 0.6 is 0 Å². The van der Waals surface area contributed by atoms with Crippen LogP contribution in [0.2, 0.25) is 0 Å². The number of hydrogen-bond acceptors (Lipinski definition) is 4. The summed E-state index contributed by atoms with van der Waals surface area (Å²) in [5.74, 6) is 0.0680. The molecule has 0 unspecified atom stereocenters. The van der Waals surface area contributed by atoms with Crippen molar-refractivity contribution in [2.75, 3.05) is 13.1 Å². The van der Waals surface area contributed by atoms with Gasteiger partial charge in [0.1, 0.15) is 5.76 Å². The molecule has 0 saturated carbocycles. The van der Waals surface area contributed by atoms with Gasteiger partial charge in [-0.2, -0.15) is 13.2 Å². The van der Waals surface area contributed by atoms with E-state index in [1.165, 1.54) is 12.1 Å². The highest BCUT2D eigenvalue weighted by Gasteiger charge is 2.32. The number of alkyl halides is 3. The normalized spacial score (nSPS) is 15.6. The number of aromatic nitrogens is 1. The van der Waals surface area contributed by atoms with Crippen molar-refractivity contribution in [3.63, 3.8) is 0 Å². The fourth-order valence-electron chi connectivity index (χ4n) is 3.44. The number of benzene rings is 1. The number of halogens is 3. The summed E-state index contributed by atoms with van der Waals surface area (Å²) in [4.78, 5) is 26.2. The van der Waals surface area contributed by atoms with Crippen LogP contribution in [0.3, 0.4) is 0 Å². The molecule has 1 atom stereocenters. The number of hydrogen-bond donors (Lipinski definition) is 1. The summed E-state index contributed by atoms with van der Waals surface area (Å²) < 4.78 is 44.4. The standard InChI is InChI=1S/C20H22F3N3O3/c1-12-16(13(2)29-25-12)10-18(27)24-17(11-26-8-4-7-19(26)28)14-5-3-6-15(9-14)20(21,22)23/h3,5-6,9,17H,4,7-8,10-11H2,1-2H3,(H,24,27)/t17-/m1/s1. The zero-order valence-electron chi connectivity index (χ0n) is 16.2. The van der Waals surface area contributed by atoms with E-state index >= 15 is 0 Å². The first-order valence-electron chi connectivity index (χ1n) is 9.31. The average molecular weight is 409 g/mol. The van der Waals surface area contributed by atoms with Crippen molar-refractivity contribution in [1.82, 2.24) is 15.4 Å². The predicted octanol–water partition coefficient (Wildman–Crippen LogP) is 3.33. The Kier molecular flexibility index (Phi) is 5.95. The summed E-state index contributed by atoms with van der Waals surface area (Å²) in [6.07, 6.45) is -3.40. The highest BCUT2D eigenvalue weighted by molar-refractivity contribution is 5.80. The smallest absolute Gasteiger partial charge is 0.361 e. The van der Waals surface area contributed by atoms with Crippen LogP contribution < -0.4 is 5.32 Å². The number of nitrogens with one attached hydrogen (secondary N) is 1. The quantitative estimate of drug-likeness (QED) is 0.794. The Bertz CT molecular complexity index is 888. The number of likely N-dealkylation sites (tertiary alicyclic amines) is 1. The molecule has 0 aliphatic carbocycles. The number of rotatable bonds is 6. The van der Waals surface area contributed by atoms with Crippen LogP contribution in [0.4, 0.5) is 13.2 Å². The average Bonchev–Trinajstić information content (AvgIpc) is 3.20. The van der Waals surface area contributed by atoms with Gasteiger partial charge in [-0.3, -0.25) is 9.59 Å². The highest BCUT2D eigenvalue weighted by atomic mass is 19.4. The molecule has 9 heteroatoms. The highest BCUT2D eigenvalue weighted by Crippen LogP contribution is 2.31. The lowest BCUT2D eigenvalue weighted by atomic mass is 10.0. The topological polar surface area (TPSA) is 75.4 Å². The Morgan fingerprint density at radius 1 is 1.34 bits per heavy atom. The first-order valence-corrected chi connectivity index (χ1v) is 9.31. The van der Waals surface area contributed by atoms with Crippen molar-refractivity contribution in [1.29, 1.82) is 0 Å². The van der Waals surface area contributed by atoms with Crippen LogP contribution in [0, 0.1) is 13.8 Å². The molecule has 3 rings (SSSR count). The Labute approximate surface area is 166 Å². The molecule has 1 aliphatic rings. The van der Waals surface area contributed by atoms with Gasteiger partial charge < -0.3 is 14.7 Å². The largest absolute Gasteiger partial charge is 0.416 e. The third kappa shape index (κ3) is 4.96. The van der Waals surface area contributed by atoms with Gasteiger partial charge in [0, 0.05) is 25.1 Å². The summed E-state index contributed by atoms with van der Waals surface area (Å²) in [5.41, 5.74) is 0.727. The fraction of sp³-hybridized carbons (Fsp3) is 0.450. The molecule has 2 heterocycles. The lowest BCUT2D eigenvalue weighted by molar-refractivity contribution is -0.137. The molecule has 1 aliphatic heterocycles. The predicted molar refractivity (Wildman–Crippen MR) is 97.8 cm³/mol. The van der Waals surface area contributed by atoms with E-state index in [2.05, 4.69) is 10.5 Å². The summed E-state index contributed by atoms with van der Waals surface area (Å²) in [6.45, 7) is 4.05. The van der Waals surface area contributed by atoms with Crippen LogP contribution in [0.1, 0.15) is 47.0 Å². The fourth-order valence-corrected chi connectivity index (χ4v) is 3.44. The maximum absolute atomic E-state index is 13.1. The van der Waals surface area contributed by atoms with Crippen molar-refractivity contribution < 1.29 is 27.3 Å². The van der Waals surface area contributed by atoms with Gasteiger partial charge in [-0.25, -0.2) is 0 Å². The first kappa shape index (κ1) is 20.9. The maximum atomic E-state index is 13.1. The van der Waals surface area contributed by atoms with E-state index in [4.69, 9.17) is 4.52 Å². The van der Waals surface area contributed by atoms with Gasteiger partial charge in [-0.15, -0.1) is 0 Å². The monoisotopic (exact) mass is 409 g/mol. The Balaban J connectivity index is 1.83. The van der Waals surface area contributed by atoms with Gasteiger partial charge in [0.2, 0.25) is 11.8 Å². The van der Waals surface area contributed by atoms with E-state index < -0.39 is 17.8 Å². The molecule has 0 spiro atoms. The molecule has 2 amide bonds. The minimum Gasteiger partial charge on any atom is -0.361 e. The SMILES string of the molecule is Cc1noc(C)c1CC(=O)N[C@H](CN1CCCC1=O)c1cccc(C(F)(F)F)c1. The molecule has 29 heavy (non-hydrogen) atoms. The van der Waals surface area contributed by atoms with Crippen LogP contribution in [-0.4, -0.2) is 35.0 Å². The summed E-state index contributed by atoms with van der Waals surface area (Å²) in [5, 5.41) is 6.59. The van der Waals surface area contributed by atoms with Crippen LogP contribution in [0.5, 0.6) is 0 Å². The van der Waals surface area contributed by atoms with Gasteiger partial charge in [-0.05, 0) is 38.0 Å². The maximum Gasteiger partial charge on any atom is 0.416 e. The Hall–Kier alpha value is -2.84. The lowest BCUT2D eigenvalue weighted by Crippen LogP contribution is -2.39. The van der Waals surface area contributed by atoms with Gasteiger partial charge in [-0.1, -0.05) is 17.3 Å². The number of carbonyl (C=O) groups excluding carboxylic acids is 2. The van der Waals surface area contributed by atoms with Gasteiger partial charge >= 0.3 is 6.18 Å². The van der Waals surface area contributed by atoms with E-state index in [-0.39, 0.29) is 24.8 Å². The molecule has 1 aromatic carbocycles. The second kappa shape index (κ2) is 8.26. The number of amides is 2. The molecule has 1 N–H and O–H groups in total. The zero-order chi connectivity index (χ0) is 21.2. The van der Waals surface area contributed by atoms with Crippen molar-refractivity contribution in [3.05, 3.63) is 52.4 Å². The van der Waals surface area contributed by atoms with E-state index in [0.29, 0.717) is 42.0 Å². The third-order valence-electron chi connectivity index (χ3n) is 5.04. The molecular weight excluding hydrogens is 387 g/mol. The zero-order valence-corrected chi connectivity index (χ0v) is 16.2. The van der Waals surface area contributed by atoms with Crippen LogP contribution in [-0.2, 0) is 22.2 Å². The Morgan fingerprint density at radius 3 is 2.69 bits per heavy atom. The summed E-state index contributed by atoms with van der Waals surface area (Å²) in [7, 11) is 0.